The molecule has 1 atom stereocenters. The van der Waals surface area contributed by atoms with Gasteiger partial charge in [-0.25, -0.2) is 0 Å². The zero-order valence-corrected chi connectivity index (χ0v) is 14.9. The van der Waals surface area contributed by atoms with Gasteiger partial charge in [0.05, 0.1) is 11.6 Å². The highest BCUT2D eigenvalue weighted by molar-refractivity contribution is 7.08. The van der Waals surface area contributed by atoms with Gasteiger partial charge >= 0.3 is 0 Å². The highest BCUT2D eigenvalue weighted by atomic mass is 32.1. The predicted molar refractivity (Wildman–Crippen MR) is 90.9 cm³/mol. The van der Waals surface area contributed by atoms with Crippen molar-refractivity contribution in [2.75, 3.05) is 26.7 Å². The monoisotopic (exact) mass is 346 g/mol. The Labute approximate surface area is 145 Å². The lowest BCUT2D eigenvalue weighted by molar-refractivity contribution is 0.0593. The number of rotatable bonds is 2. The Morgan fingerprint density at radius 2 is 2.21 bits per heavy atom. The van der Waals surface area contributed by atoms with Gasteiger partial charge in [0.2, 0.25) is 5.89 Å². The topological polar surface area (TPSA) is 62.5 Å². The van der Waals surface area contributed by atoms with Crippen molar-refractivity contribution in [2.45, 2.75) is 32.2 Å². The maximum atomic E-state index is 12.5. The fourth-order valence-electron chi connectivity index (χ4n) is 4.11. The Hall–Kier alpha value is -1.73. The smallest absolute Gasteiger partial charge is 0.254 e. The minimum atomic E-state index is 0.168. The molecule has 1 spiro atoms. The number of aryl methyl sites for hydroxylation is 1. The number of amides is 1. The average Bonchev–Trinajstić information content (AvgIpc) is 3.29. The SMILES string of the molecule is Cc1noc(C2CC3(CCN(C(=O)c4ccsc4)CC3)CN2C)n1. The van der Waals surface area contributed by atoms with Gasteiger partial charge < -0.3 is 9.42 Å². The summed E-state index contributed by atoms with van der Waals surface area (Å²) in [6.07, 6.45) is 3.11. The van der Waals surface area contributed by atoms with Crippen LogP contribution < -0.4 is 0 Å². The summed E-state index contributed by atoms with van der Waals surface area (Å²) in [5.74, 6) is 1.58. The van der Waals surface area contributed by atoms with Crippen molar-refractivity contribution in [1.82, 2.24) is 19.9 Å². The van der Waals surface area contributed by atoms with Crippen LogP contribution >= 0.6 is 11.3 Å². The molecule has 1 unspecified atom stereocenters. The summed E-state index contributed by atoms with van der Waals surface area (Å²) in [4.78, 5) is 21.2. The fourth-order valence-corrected chi connectivity index (χ4v) is 4.74. The van der Waals surface area contributed by atoms with E-state index in [1.54, 1.807) is 11.3 Å². The number of likely N-dealkylation sites (tertiary alicyclic amines) is 2. The van der Waals surface area contributed by atoms with Gasteiger partial charge in [0.25, 0.3) is 5.91 Å². The van der Waals surface area contributed by atoms with Crippen LogP contribution in [-0.2, 0) is 0 Å². The van der Waals surface area contributed by atoms with Crippen LogP contribution in [0.2, 0.25) is 0 Å². The van der Waals surface area contributed by atoms with Gasteiger partial charge in [-0.3, -0.25) is 9.69 Å². The predicted octanol–water partition coefficient (Wildman–Crippen LogP) is 2.74. The molecular formula is C17H22N4O2S. The number of hydrogen-bond donors (Lipinski definition) is 0. The van der Waals surface area contributed by atoms with Gasteiger partial charge in [-0.2, -0.15) is 16.3 Å². The van der Waals surface area contributed by atoms with Crippen LogP contribution in [0.4, 0.5) is 0 Å². The normalized spacial score (nSPS) is 23.9. The first kappa shape index (κ1) is 15.8. The van der Waals surface area contributed by atoms with Crippen molar-refractivity contribution < 1.29 is 9.32 Å². The zero-order chi connectivity index (χ0) is 16.7. The van der Waals surface area contributed by atoms with E-state index < -0.39 is 0 Å². The molecule has 6 nitrogen and oxygen atoms in total. The highest BCUT2D eigenvalue weighted by Crippen LogP contribution is 2.48. The second-order valence-corrected chi connectivity index (χ2v) is 7.90. The van der Waals surface area contributed by atoms with Gasteiger partial charge in [0.15, 0.2) is 5.82 Å². The van der Waals surface area contributed by atoms with E-state index in [9.17, 15) is 4.79 Å². The molecule has 2 aliphatic heterocycles. The molecule has 24 heavy (non-hydrogen) atoms. The molecule has 4 rings (SSSR count). The summed E-state index contributed by atoms with van der Waals surface area (Å²) in [5.41, 5.74) is 1.08. The molecular weight excluding hydrogens is 324 g/mol. The largest absolute Gasteiger partial charge is 0.339 e. The van der Waals surface area contributed by atoms with Crippen molar-refractivity contribution >= 4 is 17.2 Å². The molecule has 0 N–H and O–H groups in total. The third-order valence-corrected chi connectivity index (χ3v) is 6.13. The van der Waals surface area contributed by atoms with E-state index in [1.807, 2.05) is 28.7 Å². The molecule has 2 aromatic heterocycles. The van der Waals surface area contributed by atoms with Crippen LogP contribution in [0.5, 0.6) is 0 Å². The van der Waals surface area contributed by atoms with Crippen molar-refractivity contribution in [3.8, 4) is 0 Å². The third-order valence-electron chi connectivity index (χ3n) is 5.45. The summed E-state index contributed by atoms with van der Waals surface area (Å²) in [6.45, 7) is 4.54. The molecule has 2 aliphatic rings. The molecule has 0 aromatic carbocycles. The van der Waals surface area contributed by atoms with Gasteiger partial charge in [0.1, 0.15) is 0 Å². The Balaban J connectivity index is 1.43. The molecule has 0 radical (unpaired) electrons. The molecule has 2 aromatic rings. The van der Waals surface area contributed by atoms with Gasteiger partial charge in [-0.1, -0.05) is 5.16 Å². The highest BCUT2D eigenvalue weighted by Gasteiger charge is 2.46. The van der Waals surface area contributed by atoms with Crippen molar-refractivity contribution in [3.05, 3.63) is 34.1 Å². The minimum Gasteiger partial charge on any atom is -0.339 e. The average molecular weight is 346 g/mol. The number of nitrogens with zero attached hydrogens (tertiary/aromatic N) is 4. The fraction of sp³-hybridized carbons (Fsp3) is 0.588. The van der Waals surface area contributed by atoms with Gasteiger partial charge in [-0.05, 0) is 50.1 Å². The Kier molecular flexibility index (Phi) is 3.92. The standard InChI is InChI=1S/C17H22N4O2S/c1-12-18-15(23-19-12)14-9-17(11-20(14)2)4-6-21(7-5-17)16(22)13-3-8-24-10-13/h3,8,10,14H,4-7,9,11H2,1-2H3. The van der Waals surface area contributed by atoms with E-state index in [-0.39, 0.29) is 17.4 Å². The summed E-state index contributed by atoms with van der Waals surface area (Å²) in [6, 6.07) is 2.11. The number of aromatic nitrogens is 2. The Morgan fingerprint density at radius 3 is 2.83 bits per heavy atom. The molecule has 1 amide bonds. The zero-order valence-electron chi connectivity index (χ0n) is 14.1. The first-order chi connectivity index (χ1) is 11.6. The van der Waals surface area contributed by atoms with E-state index in [4.69, 9.17) is 4.52 Å². The van der Waals surface area contributed by atoms with Gasteiger partial charge in [-0.15, -0.1) is 0 Å². The second kappa shape index (κ2) is 5.97. The summed E-state index contributed by atoms with van der Waals surface area (Å²) in [5, 5.41) is 7.82. The first-order valence-corrected chi connectivity index (χ1v) is 9.33. The molecule has 128 valence electrons. The van der Waals surface area contributed by atoms with E-state index >= 15 is 0 Å². The molecule has 4 heterocycles. The number of hydrogen-bond acceptors (Lipinski definition) is 6. The lowest BCUT2D eigenvalue weighted by Gasteiger charge is -2.39. The number of thiophene rings is 1. The molecule has 2 saturated heterocycles. The number of carbonyl (C=O) groups is 1. The van der Waals surface area contributed by atoms with E-state index in [0.717, 1.165) is 50.4 Å². The van der Waals surface area contributed by atoms with Gasteiger partial charge in [0, 0.05) is 25.0 Å². The number of carbonyl (C=O) groups excluding carboxylic acids is 1. The van der Waals surface area contributed by atoms with Crippen LogP contribution in [0.25, 0.3) is 0 Å². The maximum Gasteiger partial charge on any atom is 0.254 e. The maximum absolute atomic E-state index is 12.5. The van der Waals surface area contributed by atoms with Crippen LogP contribution in [0.1, 0.15) is 47.4 Å². The lowest BCUT2D eigenvalue weighted by Crippen LogP contribution is -2.44. The van der Waals surface area contributed by atoms with Crippen molar-refractivity contribution in [3.63, 3.8) is 0 Å². The Morgan fingerprint density at radius 1 is 1.42 bits per heavy atom. The van der Waals surface area contributed by atoms with Crippen molar-refractivity contribution in [1.29, 1.82) is 0 Å². The Bertz CT molecular complexity index is 719. The molecule has 0 aliphatic carbocycles. The molecule has 0 saturated carbocycles. The van der Waals surface area contributed by atoms with Crippen molar-refractivity contribution in [2.24, 2.45) is 5.41 Å². The quantitative estimate of drug-likeness (QED) is 0.837. The number of piperidine rings is 1. The lowest BCUT2D eigenvalue weighted by atomic mass is 9.76. The van der Waals surface area contributed by atoms with Crippen LogP contribution in [0, 0.1) is 12.3 Å². The van der Waals surface area contributed by atoms with E-state index in [1.165, 1.54) is 0 Å². The van der Waals surface area contributed by atoms with Crippen LogP contribution in [0.3, 0.4) is 0 Å². The van der Waals surface area contributed by atoms with Crippen LogP contribution in [0.15, 0.2) is 21.3 Å². The summed E-state index contributed by atoms with van der Waals surface area (Å²) < 4.78 is 5.39. The second-order valence-electron chi connectivity index (χ2n) is 7.12. The summed E-state index contributed by atoms with van der Waals surface area (Å²) >= 11 is 1.57. The third kappa shape index (κ3) is 2.75. The molecule has 0 bridgehead atoms. The first-order valence-electron chi connectivity index (χ1n) is 8.38. The molecule has 2 fully saturated rings. The molecule has 7 heteroatoms. The van der Waals surface area contributed by atoms with E-state index in [0.29, 0.717) is 5.82 Å². The summed E-state index contributed by atoms with van der Waals surface area (Å²) in [7, 11) is 2.13. The minimum absolute atomic E-state index is 0.168. The van der Waals surface area contributed by atoms with E-state index in [2.05, 4.69) is 22.1 Å². The van der Waals surface area contributed by atoms with Crippen LogP contribution in [-0.4, -0.2) is 52.5 Å².